The van der Waals surface area contributed by atoms with Gasteiger partial charge in [0, 0.05) is 30.7 Å². The Balaban J connectivity index is 1.53. The summed E-state index contributed by atoms with van der Waals surface area (Å²) in [4.78, 5) is 17.4. The van der Waals surface area contributed by atoms with Crippen molar-refractivity contribution in [3.8, 4) is 5.69 Å². The Morgan fingerprint density at radius 2 is 1.88 bits per heavy atom. The van der Waals surface area contributed by atoms with Gasteiger partial charge < -0.3 is 5.32 Å². The molecule has 32 heavy (non-hydrogen) atoms. The fourth-order valence-corrected chi connectivity index (χ4v) is 5.19. The molecule has 0 bridgehead atoms. The molecule has 1 aliphatic heterocycles. The second kappa shape index (κ2) is 8.95. The van der Waals surface area contributed by atoms with Gasteiger partial charge in [0.15, 0.2) is 0 Å². The van der Waals surface area contributed by atoms with Gasteiger partial charge >= 0.3 is 0 Å². The largest absolute Gasteiger partial charge is 0.349 e. The molecule has 1 aromatic carbocycles. The number of carbonyl (C=O) groups excluding carboxylic acids is 1. The van der Waals surface area contributed by atoms with E-state index in [1.807, 2.05) is 6.92 Å². The van der Waals surface area contributed by atoms with E-state index in [0.717, 1.165) is 6.42 Å². The predicted molar refractivity (Wildman–Crippen MR) is 120 cm³/mol. The van der Waals surface area contributed by atoms with Crippen molar-refractivity contribution in [1.82, 2.24) is 24.4 Å². The number of nitrogens with zero attached hydrogens (tertiary/aromatic N) is 4. The summed E-state index contributed by atoms with van der Waals surface area (Å²) in [5.41, 5.74) is 1.74. The number of pyridine rings is 1. The standard InChI is InChI=1S/C22H26FN5O3S/c1-3-20(15-8-10-27(11-9-15)32(2,30)31)26-22(29)19-12-24-14-21-18(19)13-25-28(21)17-6-4-16(23)5-7-17/h4-7,12-15,20H,3,8-11H2,1-2H3,(H,26,29). The van der Waals surface area contributed by atoms with Crippen molar-refractivity contribution in [2.75, 3.05) is 19.3 Å². The number of halogens is 1. The van der Waals surface area contributed by atoms with Crippen LogP contribution < -0.4 is 5.32 Å². The Morgan fingerprint density at radius 1 is 1.19 bits per heavy atom. The molecule has 0 radical (unpaired) electrons. The number of sulfonamides is 1. The zero-order chi connectivity index (χ0) is 22.9. The fourth-order valence-electron chi connectivity index (χ4n) is 4.32. The first-order chi connectivity index (χ1) is 15.3. The van der Waals surface area contributed by atoms with Crippen LogP contribution in [0.15, 0.2) is 42.9 Å². The van der Waals surface area contributed by atoms with Crippen molar-refractivity contribution in [2.45, 2.75) is 32.2 Å². The van der Waals surface area contributed by atoms with Crippen LogP contribution in [0.3, 0.4) is 0 Å². The van der Waals surface area contributed by atoms with E-state index >= 15 is 0 Å². The molecule has 2 aromatic heterocycles. The molecule has 170 valence electrons. The number of rotatable bonds is 6. The molecule has 0 spiro atoms. The molecule has 1 aliphatic rings. The van der Waals surface area contributed by atoms with Gasteiger partial charge in [0.1, 0.15) is 5.82 Å². The van der Waals surface area contributed by atoms with Crippen LogP contribution in [0.1, 0.15) is 36.5 Å². The second-order valence-corrected chi connectivity index (χ2v) is 10.1. The highest BCUT2D eigenvalue weighted by Gasteiger charge is 2.30. The number of aromatic nitrogens is 3. The maximum absolute atomic E-state index is 13.3. The summed E-state index contributed by atoms with van der Waals surface area (Å²) >= 11 is 0. The van der Waals surface area contributed by atoms with Crippen LogP contribution in [-0.4, -0.2) is 58.8 Å². The second-order valence-electron chi connectivity index (χ2n) is 8.14. The molecular formula is C22H26FN5O3S. The molecule has 3 heterocycles. The summed E-state index contributed by atoms with van der Waals surface area (Å²) in [6.45, 7) is 2.95. The van der Waals surface area contributed by atoms with E-state index in [4.69, 9.17) is 0 Å². The van der Waals surface area contributed by atoms with Crippen molar-refractivity contribution in [3.05, 3.63) is 54.2 Å². The van der Waals surface area contributed by atoms with Crippen molar-refractivity contribution < 1.29 is 17.6 Å². The van der Waals surface area contributed by atoms with E-state index in [2.05, 4.69) is 15.4 Å². The summed E-state index contributed by atoms with van der Waals surface area (Å²) < 4.78 is 39.9. The Kier molecular flexibility index (Phi) is 6.25. The summed E-state index contributed by atoms with van der Waals surface area (Å²) in [7, 11) is -3.19. The third kappa shape index (κ3) is 4.51. The van der Waals surface area contributed by atoms with E-state index < -0.39 is 10.0 Å². The first kappa shape index (κ1) is 22.3. The minimum Gasteiger partial charge on any atom is -0.349 e. The molecule has 1 amide bonds. The number of hydrogen-bond donors (Lipinski definition) is 1. The van der Waals surface area contributed by atoms with Crippen molar-refractivity contribution in [2.24, 2.45) is 5.92 Å². The molecule has 1 fully saturated rings. The van der Waals surface area contributed by atoms with E-state index in [1.165, 1.54) is 28.9 Å². The molecule has 0 aliphatic carbocycles. The molecular weight excluding hydrogens is 433 g/mol. The van der Waals surface area contributed by atoms with E-state index in [-0.39, 0.29) is 23.7 Å². The molecule has 1 saturated heterocycles. The number of amides is 1. The van der Waals surface area contributed by atoms with Crippen molar-refractivity contribution in [3.63, 3.8) is 0 Å². The molecule has 4 rings (SSSR count). The highest BCUT2D eigenvalue weighted by atomic mass is 32.2. The minimum absolute atomic E-state index is 0.0633. The van der Waals surface area contributed by atoms with Gasteiger partial charge in [0.25, 0.3) is 5.91 Å². The van der Waals surface area contributed by atoms with Gasteiger partial charge in [0.05, 0.1) is 35.4 Å². The summed E-state index contributed by atoms with van der Waals surface area (Å²) in [5, 5.41) is 8.15. The fraction of sp³-hybridized carbons (Fsp3) is 0.409. The SMILES string of the molecule is CCC(NC(=O)c1cncc2c1cnn2-c1ccc(F)cc1)C1CCN(S(C)(=O)=O)CC1. The minimum atomic E-state index is -3.19. The monoisotopic (exact) mass is 459 g/mol. The highest BCUT2D eigenvalue weighted by molar-refractivity contribution is 7.88. The molecule has 8 nitrogen and oxygen atoms in total. The molecule has 1 atom stereocenters. The van der Waals surface area contributed by atoms with Gasteiger partial charge in [-0.1, -0.05) is 6.92 Å². The Labute approximate surface area is 186 Å². The third-order valence-corrected chi connectivity index (χ3v) is 7.41. The van der Waals surface area contributed by atoms with Crippen LogP contribution >= 0.6 is 0 Å². The van der Waals surface area contributed by atoms with Crippen LogP contribution in [0.25, 0.3) is 16.6 Å². The summed E-state index contributed by atoms with van der Waals surface area (Å²) in [6, 6.07) is 5.88. The quantitative estimate of drug-likeness (QED) is 0.611. The smallest absolute Gasteiger partial charge is 0.253 e. The lowest BCUT2D eigenvalue weighted by Gasteiger charge is -2.35. The summed E-state index contributed by atoms with van der Waals surface area (Å²) in [6.07, 6.45) is 8.14. The normalized spacial score (nSPS) is 16.8. The number of piperidine rings is 1. The van der Waals surface area contributed by atoms with Gasteiger partial charge in [-0.15, -0.1) is 0 Å². The molecule has 10 heteroatoms. The first-order valence-corrected chi connectivity index (χ1v) is 12.5. The highest BCUT2D eigenvalue weighted by Crippen LogP contribution is 2.25. The molecule has 1 unspecified atom stereocenters. The van der Waals surface area contributed by atoms with E-state index in [0.29, 0.717) is 48.1 Å². The van der Waals surface area contributed by atoms with Gasteiger partial charge in [-0.2, -0.15) is 5.10 Å². The molecule has 0 saturated carbocycles. The lowest BCUT2D eigenvalue weighted by Crippen LogP contribution is -2.46. The predicted octanol–water partition coefficient (Wildman–Crippen LogP) is 2.74. The van der Waals surface area contributed by atoms with Gasteiger partial charge in [-0.25, -0.2) is 21.8 Å². The van der Waals surface area contributed by atoms with Gasteiger partial charge in [-0.3, -0.25) is 9.78 Å². The van der Waals surface area contributed by atoms with E-state index in [1.54, 1.807) is 29.2 Å². The first-order valence-electron chi connectivity index (χ1n) is 10.6. The van der Waals surface area contributed by atoms with Crippen LogP contribution in [-0.2, 0) is 10.0 Å². The topological polar surface area (TPSA) is 97.2 Å². The number of benzene rings is 1. The third-order valence-electron chi connectivity index (χ3n) is 6.11. The number of fused-ring (bicyclic) bond motifs is 1. The molecule has 1 N–H and O–H groups in total. The maximum Gasteiger partial charge on any atom is 0.253 e. The van der Waals surface area contributed by atoms with Crippen LogP contribution in [0, 0.1) is 11.7 Å². The average Bonchev–Trinajstić information content (AvgIpc) is 3.21. The lowest BCUT2D eigenvalue weighted by molar-refractivity contribution is 0.0907. The Hall–Kier alpha value is -2.85. The zero-order valence-corrected chi connectivity index (χ0v) is 18.8. The molecule has 3 aromatic rings. The van der Waals surface area contributed by atoms with Crippen molar-refractivity contribution in [1.29, 1.82) is 0 Å². The Morgan fingerprint density at radius 3 is 2.50 bits per heavy atom. The number of carbonyl (C=O) groups is 1. The van der Waals surface area contributed by atoms with Crippen molar-refractivity contribution >= 4 is 26.8 Å². The zero-order valence-electron chi connectivity index (χ0n) is 18.0. The van der Waals surface area contributed by atoms with Gasteiger partial charge in [-0.05, 0) is 49.4 Å². The van der Waals surface area contributed by atoms with Crippen LogP contribution in [0.2, 0.25) is 0 Å². The summed E-state index contributed by atoms with van der Waals surface area (Å²) in [5.74, 6) is -0.369. The van der Waals surface area contributed by atoms with Crippen LogP contribution in [0.5, 0.6) is 0 Å². The number of hydrogen-bond acceptors (Lipinski definition) is 5. The Bertz CT molecular complexity index is 1220. The van der Waals surface area contributed by atoms with Crippen LogP contribution in [0.4, 0.5) is 4.39 Å². The lowest BCUT2D eigenvalue weighted by atomic mass is 9.88. The van der Waals surface area contributed by atoms with Gasteiger partial charge in [0.2, 0.25) is 10.0 Å². The van der Waals surface area contributed by atoms with E-state index in [9.17, 15) is 17.6 Å². The maximum atomic E-state index is 13.3. The average molecular weight is 460 g/mol. The number of nitrogens with one attached hydrogen (secondary N) is 1.